The van der Waals surface area contributed by atoms with Crippen molar-refractivity contribution in [2.75, 3.05) is 23.7 Å². The van der Waals surface area contributed by atoms with Gasteiger partial charge >= 0.3 is 0 Å². The zero-order chi connectivity index (χ0) is 20.1. The lowest BCUT2D eigenvalue weighted by Gasteiger charge is -2.30. The first-order chi connectivity index (χ1) is 13.4. The Kier molecular flexibility index (Phi) is 6.80. The normalized spacial score (nSPS) is 15.6. The first-order valence-electron chi connectivity index (χ1n) is 9.76. The summed E-state index contributed by atoms with van der Waals surface area (Å²) in [5.41, 5.74) is 2.14. The maximum absolute atomic E-state index is 12.6. The number of anilines is 2. The van der Waals surface area contributed by atoms with E-state index in [1.165, 1.54) is 23.8 Å². The molecule has 2 heterocycles. The van der Waals surface area contributed by atoms with Gasteiger partial charge in [0.15, 0.2) is 5.13 Å². The van der Waals surface area contributed by atoms with Crippen LogP contribution in [0.15, 0.2) is 30.5 Å². The number of benzene rings is 1. The molecule has 0 unspecified atom stereocenters. The van der Waals surface area contributed by atoms with Gasteiger partial charge in [-0.15, -0.1) is 11.3 Å². The van der Waals surface area contributed by atoms with Gasteiger partial charge < -0.3 is 10.6 Å². The molecule has 0 saturated carbocycles. The summed E-state index contributed by atoms with van der Waals surface area (Å²) in [6, 6.07) is 8.12. The predicted octanol–water partition coefficient (Wildman–Crippen LogP) is 4.08. The van der Waals surface area contributed by atoms with Crippen molar-refractivity contribution in [1.82, 2.24) is 9.88 Å². The van der Waals surface area contributed by atoms with Crippen molar-refractivity contribution in [2.45, 2.75) is 46.1 Å². The van der Waals surface area contributed by atoms with Crippen LogP contribution in [-0.4, -0.2) is 34.8 Å². The number of likely N-dealkylation sites (tertiary alicyclic amines) is 1. The van der Waals surface area contributed by atoms with Crippen molar-refractivity contribution < 1.29 is 9.59 Å². The van der Waals surface area contributed by atoms with Gasteiger partial charge in [-0.3, -0.25) is 14.5 Å². The second-order valence-corrected chi connectivity index (χ2v) is 8.74. The second-order valence-electron chi connectivity index (χ2n) is 7.63. The van der Waals surface area contributed by atoms with Crippen LogP contribution in [0.25, 0.3) is 0 Å². The molecular formula is C21H28N4O2S. The number of hydrogen-bond donors (Lipinski definition) is 2. The predicted molar refractivity (Wildman–Crippen MR) is 114 cm³/mol. The standard InChI is InChI=1S/C21H28N4O2S/c1-14(2)16-4-6-18(7-5-16)24-20(27)17-8-10-25(11-9-17)13-19-12-22-21(28-19)23-15(3)26/h4-7,12,14,17H,8-11,13H2,1-3H3,(H,24,27)(H,22,23,26). The van der Waals surface area contributed by atoms with Crippen LogP contribution < -0.4 is 10.6 Å². The quantitative estimate of drug-likeness (QED) is 0.766. The first kappa shape index (κ1) is 20.5. The third kappa shape index (κ3) is 5.62. The van der Waals surface area contributed by atoms with Gasteiger partial charge in [-0.2, -0.15) is 0 Å². The Morgan fingerprint density at radius 1 is 1.18 bits per heavy atom. The van der Waals surface area contributed by atoms with Crippen LogP contribution in [0, 0.1) is 5.92 Å². The van der Waals surface area contributed by atoms with E-state index in [-0.39, 0.29) is 17.7 Å². The molecule has 1 aromatic carbocycles. The number of amides is 2. The average molecular weight is 401 g/mol. The van der Waals surface area contributed by atoms with Crippen LogP contribution in [0.4, 0.5) is 10.8 Å². The van der Waals surface area contributed by atoms with Gasteiger partial charge in [-0.25, -0.2) is 4.98 Å². The lowest BCUT2D eigenvalue weighted by molar-refractivity contribution is -0.121. The fourth-order valence-electron chi connectivity index (χ4n) is 3.36. The molecule has 6 nitrogen and oxygen atoms in total. The van der Waals surface area contributed by atoms with Crippen LogP contribution in [0.2, 0.25) is 0 Å². The molecule has 1 aliphatic heterocycles. The van der Waals surface area contributed by atoms with Crippen LogP contribution in [0.5, 0.6) is 0 Å². The number of rotatable bonds is 6. The minimum absolute atomic E-state index is 0.0532. The number of carbonyl (C=O) groups excluding carboxylic acids is 2. The van der Waals surface area contributed by atoms with Crippen molar-refractivity contribution in [2.24, 2.45) is 5.92 Å². The summed E-state index contributed by atoms with van der Waals surface area (Å²) in [6.07, 6.45) is 3.52. The number of nitrogens with one attached hydrogen (secondary N) is 2. The Bertz CT molecular complexity index is 808. The van der Waals surface area contributed by atoms with Gasteiger partial charge in [0.25, 0.3) is 0 Å². The van der Waals surface area contributed by atoms with Gasteiger partial charge in [0.1, 0.15) is 0 Å². The van der Waals surface area contributed by atoms with E-state index in [4.69, 9.17) is 0 Å². The molecule has 7 heteroatoms. The zero-order valence-electron chi connectivity index (χ0n) is 16.7. The molecule has 0 radical (unpaired) electrons. The van der Waals surface area contributed by atoms with E-state index in [2.05, 4.69) is 46.5 Å². The molecule has 0 bridgehead atoms. The van der Waals surface area contributed by atoms with Crippen LogP contribution in [-0.2, 0) is 16.1 Å². The largest absolute Gasteiger partial charge is 0.326 e. The highest BCUT2D eigenvalue weighted by atomic mass is 32.1. The molecule has 1 saturated heterocycles. The topological polar surface area (TPSA) is 74.3 Å². The number of piperidine rings is 1. The van der Waals surface area contributed by atoms with E-state index >= 15 is 0 Å². The van der Waals surface area contributed by atoms with Crippen molar-refractivity contribution in [3.8, 4) is 0 Å². The maximum Gasteiger partial charge on any atom is 0.227 e. The summed E-state index contributed by atoms with van der Waals surface area (Å²) in [5.74, 6) is 0.550. The lowest BCUT2D eigenvalue weighted by Crippen LogP contribution is -2.37. The van der Waals surface area contributed by atoms with Crippen molar-refractivity contribution in [1.29, 1.82) is 0 Å². The monoisotopic (exact) mass is 400 g/mol. The Morgan fingerprint density at radius 2 is 1.86 bits per heavy atom. The summed E-state index contributed by atoms with van der Waals surface area (Å²) in [4.78, 5) is 31.4. The summed E-state index contributed by atoms with van der Waals surface area (Å²) in [6.45, 7) is 8.38. The van der Waals surface area contributed by atoms with Gasteiger partial charge in [-0.1, -0.05) is 26.0 Å². The number of nitrogens with zero attached hydrogens (tertiary/aromatic N) is 2. The smallest absolute Gasteiger partial charge is 0.227 e. The Labute approximate surface area is 170 Å². The van der Waals surface area contributed by atoms with Crippen molar-refractivity contribution in [3.63, 3.8) is 0 Å². The molecule has 2 N–H and O–H groups in total. The summed E-state index contributed by atoms with van der Waals surface area (Å²) in [7, 11) is 0. The van der Waals surface area contributed by atoms with E-state index in [9.17, 15) is 9.59 Å². The van der Waals surface area contributed by atoms with E-state index in [0.29, 0.717) is 11.0 Å². The van der Waals surface area contributed by atoms with Gasteiger partial charge in [0.05, 0.1) is 0 Å². The Morgan fingerprint density at radius 3 is 2.46 bits per heavy atom. The van der Waals surface area contributed by atoms with Gasteiger partial charge in [0, 0.05) is 36.1 Å². The van der Waals surface area contributed by atoms with E-state index in [1.54, 1.807) is 0 Å². The Hall–Kier alpha value is -2.25. The SMILES string of the molecule is CC(=O)Nc1ncc(CN2CCC(C(=O)Nc3ccc(C(C)C)cc3)CC2)s1. The molecule has 0 atom stereocenters. The first-order valence-corrected chi connectivity index (χ1v) is 10.6. The third-order valence-electron chi connectivity index (χ3n) is 5.02. The Balaban J connectivity index is 1.46. The molecule has 2 amide bonds. The highest BCUT2D eigenvalue weighted by Crippen LogP contribution is 2.25. The minimum Gasteiger partial charge on any atom is -0.326 e. The molecule has 150 valence electrons. The fraction of sp³-hybridized carbons (Fsp3) is 0.476. The highest BCUT2D eigenvalue weighted by molar-refractivity contribution is 7.15. The zero-order valence-corrected chi connectivity index (χ0v) is 17.5. The number of carbonyl (C=O) groups is 2. The molecule has 3 rings (SSSR count). The second kappa shape index (κ2) is 9.30. The van der Waals surface area contributed by atoms with Crippen molar-refractivity contribution >= 4 is 34.0 Å². The van der Waals surface area contributed by atoms with E-state index in [0.717, 1.165) is 43.0 Å². The third-order valence-corrected chi connectivity index (χ3v) is 5.92. The van der Waals surface area contributed by atoms with Gasteiger partial charge in [-0.05, 0) is 49.5 Å². The average Bonchev–Trinajstić information content (AvgIpc) is 3.08. The molecule has 28 heavy (non-hydrogen) atoms. The number of hydrogen-bond acceptors (Lipinski definition) is 5. The molecular weight excluding hydrogens is 372 g/mol. The number of aromatic nitrogens is 1. The van der Waals surface area contributed by atoms with Crippen LogP contribution in [0.3, 0.4) is 0 Å². The van der Waals surface area contributed by atoms with Crippen LogP contribution >= 0.6 is 11.3 Å². The molecule has 1 aliphatic rings. The molecule has 1 fully saturated rings. The van der Waals surface area contributed by atoms with Crippen LogP contribution in [0.1, 0.15) is 50.0 Å². The summed E-state index contributed by atoms with van der Waals surface area (Å²) < 4.78 is 0. The summed E-state index contributed by atoms with van der Waals surface area (Å²) in [5, 5.41) is 6.41. The highest BCUT2D eigenvalue weighted by Gasteiger charge is 2.25. The molecule has 1 aromatic heterocycles. The van der Waals surface area contributed by atoms with Gasteiger partial charge in [0.2, 0.25) is 11.8 Å². The molecule has 0 spiro atoms. The summed E-state index contributed by atoms with van der Waals surface area (Å²) >= 11 is 1.50. The minimum atomic E-state index is -0.105. The lowest BCUT2D eigenvalue weighted by atomic mass is 9.95. The van der Waals surface area contributed by atoms with Crippen molar-refractivity contribution in [3.05, 3.63) is 40.9 Å². The number of thiazole rings is 1. The maximum atomic E-state index is 12.6. The van der Waals surface area contributed by atoms with E-state index in [1.807, 2.05) is 18.3 Å². The molecule has 0 aliphatic carbocycles. The fourth-order valence-corrected chi connectivity index (χ4v) is 4.26. The molecule has 2 aromatic rings. The van der Waals surface area contributed by atoms with E-state index < -0.39 is 0 Å².